The van der Waals surface area contributed by atoms with Crippen molar-refractivity contribution in [1.82, 2.24) is 10.2 Å². The van der Waals surface area contributed by atoms with Crippen molar-refractivity contribution in [3.8, 4) is 5.75 Å². The third kappa shape index (κ3) is 7.44. The molecule has 0 bridgehead atoms. The van der Waals surface area contributed by atoms with Gasteiger partial charge in [-0.25, -0.2) is 0 Å². The van der Waals surface area contributed by atoms with Gasteiger partial charge in [0.25, 0.3) is 0 Å². The fourth-order valence-corrected chi connectivity index (χ4v) is 3.69. The van der Waals surface area contributed by atoms with Crippen LogP contribution in [0.25, 0.3) is 0 Å². The van der Waals surface area contributed by atoms with Gasteiger partial charge in [-0.1, -0.05) is 48.3 Å². The van der Waals surface area contributed by atoms with E-state index in [1.54, 1.807) is 30.2 Å². The van der Waals surface area contributed by atoms with Crippen molar-refractivity contribution in [3.63, 3.8) is 0 Å². The van der Waals surface area contributed by atoms with E-state index in [4.69, 9.17) is 27.9 Å². The van der Waals surface area contributed by atoms with E-state index in [-0.39, 0.29) is 24.8 Å². The molecular formula is C24H30Cl2N2O3. The number of hydrogen-bond acceptors (Lipinski definition) is 3. The van der Waals surface area contributed by atoms with Crippen molar-refractivity contribution in [2.45, 2.75) is 58.7 Å². The SMILES string of the molecule is CCC(C(=O)NC(C)(C)C)N(Cc1ccc(Cl)cc1Cl)C(=O)Cc1ccc(OC)cc1. The van der Waals surface area contributed by atoms with Crippen molar-refractivity contribution in [3.05, 3.63) is 63.6 Å². The Bertz CT molecular complexity index is 908. The van der Waals surface area contributed by atoms with E-state index < -0.39 is 11.6 Å². The van der Waals surface area contributed by atoms with E-state index in [0.717, 1.165) is 16.9 Å². The number of carbonyl (C=O) groups excluding carboxylic acids is 2. The molecule has 1 atom stereocenters. The van der Waals surface area contributed by atoms with Crippen molar-refractivity contribution in [2.24, 2.45) is 0 Å². The molecule has 0 saturated heterocycles. The average molecular weight is 465 g/mol. The van der Waals surface area contributed by atoms with Crippen LogP contribution in [-0.2, 0) is 22.6 Å². The Kier molecular flexibility index (Phi) is 8.78. The molecule has 168 valence electrons. The van der Waals surface area contributed by atoms with E-state index in [2.05, 4.69) is 5.32 Å². The van der Waals surface area contributed by atoms with E-state index in [9.17, 15) is 9.59 Å². The highest BCUT2D eigenvalue weighted by Gasteiger charge is 2.31. The summed E-state index contributed by atoms with van der Waals surface area (Å²) >= 11 is 12.4. The van der Waals surface area contributed by atoms with Gasteiger partial charge in [-0.05, 0) is 62.6 Å². The smallest absolute Gasteiger partial charge is 0.243 e. The summed E-state index contributed by atoms with van der Waals surface area (Å²) in [6.45, 7) is 7.84. The number of ether oxygens (including phenoxy) is 1. The molecule has 0 spiro atoms. The lowest BCUT2D eigenvalue weighted by atomic mass is 10.0. The van der Waals surface area contributed by atoms with Crippen molar-refractivity contribution in [1.29, 1.82) is 0 Å². The zero-order valence-electron chi connectivity index (χ0n) is 18.7. The molecule has 2 rings (SSSR count). The van der Waals surface area contributed by atoms with Gasteiger partial charge in [0.15, 0.2) is 0 Å². The minimum Gasteiger partial charge on any atom is -0.497 e. The normalized spacial score (nSPS) is 12.2. The first-order chi connectivity index (χ1) is 14.5. The second-order valence-electron chi connectivity index (χ2n) is 8.45. The second-order valence-corrected chi connectivity index (χ2v) is 9.29. The van der Waals surface area contributed by atoms with Crippen LogP contribution in [0.15, 0.2) is 42.5 Å². The standard InChI is InChI=1S/C24H30Cl2N2O3/c1-6-21(23(30)27-24(2,3)4)28(15-17-9-10-18(25)14-20(17)26)22(29)13-16-7-11-19(31-5)12-8-16/h7-12,14,21H,6,13,15H2,1-5H3,(H,27,30). The van der Waals surface area contributed by atoms with E-state index in [1.165, 1.54) is 0 Å². The zero-order chi connectivity index (χ0) is 23.2. The molecule has 0 aliphatic heterocycles. The Balaban J connectivity index is 2.34. The lowest BCUT2D eigenvalue weighted by Gasteiger charge is -2.33. The van der Waals surface area contributed by atoms with Crippen LogP contribution in [0.4, 0.5) is 0 Å². The predicted molar refractivity (Wildman–Crippen MR) is 126 cm³/mol. The highest BCUT2D eigenvalue weighted by atomic mass is 35.5. The number of nitrogens with zero attached hydrogens (tertiary/aromatic N) is 1. The highest BCUT2D eigenvalue weighted by molar-refractivity contribution is 6.35. The maximum absolute atomic E-state index is 13.4. The van der Waals surface area contributed by atoms with Crippen molar-refractivity contribution in [2.75, 3.05) is 7.11 Å². The largest absolute Gasteiger partial charge is 0.497 e. The fraction of sp³-hybridized carbons (Fsp3) is 0.417. The summed E-state index contributed by atoms with van der Waals surface area (Å²) in [7, 11) is 1.59. The monoisotopic (exact) mass is 464 g/mol. The van der Waals surface area contributed by atoms with Crippen LogP contribution in [0, 0.1) is 0 Å². The van der Waals surface area contributed by atoms with Gasteiger partial charge in [0.05, 0.1) is 13.5 Å². The molecule has 0 aromatic heterocycles. The molecule has 7 heteroatoms. The Morgan fingerprint density at radius 3 is 2.26 bits per heavy atom. The van der Waals surface area contributed by atoms with Gasteiger partial charge >= 0.3 is 0 Å². The zero-order valence-corrected chi connectivity index (χ0v) is 20.2. The molecule has 0 radical (unpaired) electrons. The average Bonchev–Trinajstić information content (AvgIpc) is 2.68. The molecule has 1 N–H and O–H groups in total. The number of carbonyl (C=O) groups is 2. The van der Waals surface area contributed by atoms with Crippen molar-refractivity contribution >= 4 is 35.0 Å². The van der Waals surface area contributed by atoms with Gasteiger partial charge in [0.1, 0.15) is 11.8 Å². The van der Waals surface area contributed by atoms with Crippen LogP contribution in [-0.4, -0.2) is 35.4 Å². The molecule has 5 nitrogen and oxygen atoms in total. The lowest BCUT2D eigenvalue weighted by molar-refractivity contribution is -0.141. The van der Waals surface area contributed by atoms with E-state index >= 15 is 0 Å². The number of methoxy groups -OCH3 is 1. The van der Waals surface area contributed by atoms with Crippen LogP contribution in [0.2, 0.25) is 10.0 Å². The number of halogens is 2. The summed E-state index contributed by atoms with van der Waals surface area (Å²) in [6, 6.07) is 11.8. The summed E-state index contributed by atoms with van der Waals surface area (Å²) in [4.78, 5) is 28.0. The first-order valence-corrected chi connectivity index (χ1v) is 11.0. The van der Waals surface area contributed by atoms with Crippen LogP contribution in [0.5, 0.6) is 5.75 Å². The predicted octanol–water partition coefficient (Wildman–Crippen LogP) is 5.27. The third-order valence-corrected chi connectivity index (χ3v) is 5.34. The summed E-state index contributed by atoms with van der Waals surface area (Å²) in [5.41, 5.74) is 1.16. The Hall–Kier alpha value is -2.24. The van der Waals surface area contributed by atoms with Gasteiger partial charge in [0.2, 0.25) is 11.8 Å². The van der Waals surface area contributed by atoms with Crippen LogP contribution in [0.3, 0.4) is 0 Å². The molecule has 0 aliphatic carbocycles. The van der Waals surface area contributed by atoms with Gasteiger partial charge in [-0.3, -0.25) is 9.59 Å². The maximum Gasteiger partial charge on any atom is 0.243 e. The highest BCUT2D eigenvalue weighted by Crippen LogP contribution is 2.24. The van der Waals surface area contributed by atoms with Gasteiger partial charge < -0.3 is 15.0 Å². The Labute approximate surface area is 194 Å². The molecule has 2 aromatic carbocycles. The summed E-state index contributed by atoms with van der Waals surface area (Å²) in [5.74, 6) is 0.368. The lowest BCUT2D eigenvalue weighted by Crippen LogP contribution is -2.53. The van der Waals surface area contributed by atoms with Gasteiger partial charge in [-0.15, -0.1) is 0 Å². The molecule has 1 unspecified atom stereocenters. The Morgan fingerprint density at radius 2 is 1.74 bits per heavy atom. The first kappa shape index (κ1) is 25.0. The van der Waals surface area contributed by atoms with Gasteiger partial charge in [-0.2, -0.15) is 0 Å². The molecular weight excluding hydrogens is 435 g/mol. The molecule has 2 aromatic rings. The third-order valence-electron chi connectivity index (χ3n) is 4.75. The first-order valence-electron chi connectivity index (χ1n) is 10.2. The number of rotatable bonds is 8. The topological polar surface area (TPSA) is 58.6 Å². The van der Waals surface area contributed by atoms with Crippen LogP contribution >= 0.6 is 23.2 Å². The molecule has 31 heavy (non-hydrogen) atoms. The Morgan fingerprint density at radius 1 is 1.10 bits per heavy atom. The van der Waals surface area contributed by atoms with Gasteiger partial charge in [0, 0.05) is 22.1 Å². The molecule has 0 saturated carbocycles. The van der Waals surface area contributed by atoms with E-state index in [0.29, 0.717) is 16.5 Å². The molecule has 2 amide bonds. The number of hydrogen-bond donors (Lipinski definition) is 1. The maximum atomic E-state index is 13.4. The molecule has 0 heterocycles. The summed E-state index contributed by atoms with van der Waals surface area (Å²) in [6.07, 6.45) is 0.635. The minimum absolute atomic E-state index is 0.160. The van der Waals surface area contributed by atoms with E-state index in [1.807, 2.05) is 52.0 Å². The van der Waals surface area contributed by atoms with Crippen LogP contribution < -0.4 is 10.1 Å². The molecule has 0 aliphatic rings. The fourth-order valence-electron chi connectivity index (χ4n) is 3.23. The number of benzene rings is 2. The summed E-state index contributed by atoms with van der Waals surface area (Å²) in [5, 5.41) is 3.97. The summed E-state index contributed by atoms with van der Waals surface area (Å²) < 4.78 is 5.18. The number of amides is 2. The van der Waals surface area contributed by atoms with Crippen molar-refractivity contribution < 1.29 is 14.3 Å². The number of nitrogens with one attached hydrogen (secondary N) is 1. The minimum atomic E-state index is -0.628. The van der Waals surface area contributed by atoms with Crippen LogP contribution in [0.1, 0.15) is 45.2 Å². The molecule has 0 fully saturated rings. The second kappa shape index (κ2) is 10.9. The quantitative estimate of drug-likeness (QED) is 0.578.